The van der Waals surface area contributed by atoms with Gasteiger partial charge in [0.25, 0.3) is 0 Å². The van der Waals surface area contributed by atoms with E-state index in [0.29, 0.717) is 12.8 Å². The molecule has 0 unspecified atom stereocenters. The smallest absolute Gasteiger partial charge is 0.407 e. The third kappa shape index (κ3) is 4.50. The molecule has 2 fully saturated rings. The number of aliphatic hydroxyl groups excluding tert-OH is 1. The number of fused-ring (bicyclic) bond motifs is 3. The summed E-state index contributed by atoms with van der Waals surface area (Å²) in [6.45, 7) is 0.189. The molecule has 0 spiro atoms. The molecule has 2 aliphatic carbocycles. The third-order valence-corrected chi connectivity index (χ3v) is 7.58. The van der Waals surface area contributed by atoms with E-state index in [9.17, 15) is 24.6 Å². The number of aliphatic carboxylic acids is 1. The summed E-state index contributed by atoms with van der Waals surface area (Å²) in [4.78, 5) is 38.9. The highest BCUT2D eigenvalue weighted by atomic mass is 16.5. The van der Waals surface area contributed by atoms with Gasteiger partial charge < -0.3 is 25.2 Å². The van der Waals surface area contributed by atoms with Crippen molar-refractivity contribution < 1.29 is 29.3 Å². The molecule has 1 heterocycles. The van der Waals surface area contributed by atoms with Crippen LogP contribution < -0.4 is 5.32 Å². The highest BCUT2D eigenvalue weighted by Gasteiger charge is 2.44. The second-order valence-electron chi connectivity index (χ2n) is 9.70. The van der Waals surface area contributed by atoms with Gasteiger partial charge in [0.05, 0.1) is 12.0 Å². The molecule has 8 nitrogen and oxygen atoms in total. The van der Waals surface area contributed by atoms with Gasteiger partial charge in [0.15, 0.2) is 0 Å². The molecule has 0 aromatic heterocycles. The first-order valence-corrected chi connectivity index (χ1v) is 12.3. The molecule has 1 aliphatic heterocycles. The number of aliphatic hydroxyl groups is 1. The first kappa shape index (κ1) is 23.4. The first-order valence-electron chi connectivity index (χ1n) is 12.3. The molecule has 1 saturated heterocycles. The van der Waals surface area contributed by atoms with Crippen LogP contribution >= 0.6 is 0 Å². The van der Waals surface area contributed by atoms with Crippen molar-refractivity contribution in [1.82, 2.24) is 10.2 Å². The van der Waals surface area contributed by atoms with Gasteiger partial charge in [-0.1, -0.05) is 61.4 Å². The predicted molar refractivity (Wildman–Crippen MR) is 128 cm³/mol. The topological polar surface area (TPSA) is 116 Å². The van der Waals surface area contributed by atoms with Gasteiger partial charge in [-0.3, -0.25) is 4.79 Å². The van der Waals surface area contributed by atoms with E-state index in [1.807, 2.05) is 24.3 Å². The lowest BCUT2D eigenvalue weighted by atomic mass is 9.83. The minimum atomic E-state index is -1.12. The molecule has 1 saturated carbocycles. The number of likely N-dealkylation sites (tertiary alicyclic amines) is 1. The second-order valence-corrected chi connectivity index (χ2v) is 9.70. The Balaban J connectivity index is 1.25. The van der Waals surface area contributed by atoms with Crippen LogP contribution in [0.5, 0.6) is 0 Å². The standard InChI is InChI=1S/C27H30N2O6/c30-16-13-24(26(32)33)29(14-16)25(31)21-11-5-6-12-23(21)28-27(34)35-15-22-19-9-3-1-7-17(19)18-8-2-4-10-20(18)22/h1-4,7-10,16,21-24,30H,5-6,11-15H2,(H,28,34)(H,32,33)/t16-,21-,23+,24-/m0/s1. The van der Waals surface area contributed by atoms with Crippen LogP contribution in [0.15, 0.2) is 48.5 Å². The number of ether oxygens (including phenoxy) is 1. The zero-order chi connectivity index (χ0) is 24.5. The minimum absolute atomic E-state index is 0.00393. The molecule has 35 heavy (non-hydrogen) atoms. The number of carbonyl (C=O) groups is 3. The Kier molecular flexibility index (Phi) is 6.47. The van der Waals surface area contributed by atoms with E-state index in [-0.39, 0.29) is 31.4 Å². The number of rotatable bonds is 5. The minimum Gasteiger partial charge on any atom is -0.480 e. The Hall–Kier alpha value is -3.39. The van der Waals surface area contributed by atoms with Crippen molar-refractivity contribution in [3.63, 3.8) is 0 Å². The number of benzene rings is 2. The van der Waals surface area contributed by atoms with E-state index in [4.69, 9.17) is 4.74 Å². The van der Waals surface area contributed by atoms with Crippen LogP contribution in [0.3, 0.4) is 0 Å². The molecule has 5 rings (SSSR count). The van der Waals surface area contributed by atoms with E-state index >= 15 is 0 Å². The summed E-state index contributed by atoms with van der Waals surface area (Å²) < 4.78 is 5.66. The molecule has 0 bridgehead atoms. The van der Waals surface area contributed by atoms with Crippen molar-refractivity contribution in [2.24, 2.45) is 5.92 Å². The van der Waals surface area contributed by atoms with Gasteiger partial charge >= 0.3 is 12.1 Å². The van der Waals surface area contributed by atoms with Crippen molar-refractivity contribution >= 4 is 18.0 Å². The highest BCUT2D eigenvalue weighted by molar-refractivity contribution is 5.87. The maximum absolute atomic E-state index is 13.3. The largest absolute Gasteiger partial charge is 0.480 e. The van der Waals surface area contributed by atoms with Crippen LogP contribution in [0, 0.1) is 5.92 Å². The van der Waals surface area contributed by atoms with Crippen LogP contribution in [-0.4, -0.2) is 64.4 Å². The number of hydrogen-bond donors (Lipinski definition) is 3. The molecule has 0 radical (unpaired) electrons. The quantitative estimate of drug-likeness (QED) is 0.608. The molecule has 2 amide bonds. The van der Waals surface area contributed by atoms with Gasteiger partial charge in [-0.15, -0.1) is 0 Å². The molecule has 3 aliphatic rings. The summed E-state index contributed by atoms with van der Waals surface area (Å²) in [7, 11) is 0. The lowest BCUT2D eigenvalue weighted by Crippen LogP contribution is -2.52. The molecule has 2 aromatic rings. The van der Waals surface area contributed by atoms with E-state index in [0.717, 1.165) is 35.1 Å². The van der Waals surface area contributed by atoms with Crippen LogP contribution in [0.1, 0.15) is 49.1 Å². The van der Waals surface area contributed by atoms with E-state index < -0.39 is 36.2 Å². The van der Waals surface area contributed by atoms with Crippen molar-refractivity contribution in [2.75, 3.05) is 13.2 Å². The van der Waals surface area contributed by atoms with Crippen LogP contribution in [0.2, 0.25) is 0 Å². The fraction of sp³-hybridized carbons (Fsp3) is 0.444. The van der Waals surface area contributed by atoms with Gasteiger partial charge in [-0.05, 0) is 35.1 Å². The van der Waals surface area contributed by atoms with Gasteiger partial charge in [0.2, 0.25) is 5.91 Å². The summed E-state index contributed by atoms with van der Waals surface area (Å²) in [6, 6.07) is 14.8. The van der Waals surface area contributed by atoms with Crippen molar-refractivity contribution in [3.05, 3.63) is 59.7 Å². The fourth-order valence-electron chi connectivity index (χ4n) is 5.90. The van der Waals surface area contributed by atoms with Gasteiger partial charge in [0.1, 0.15) is 12.6 Å². The summed E-state index contributed by atoms with van der Waals surface area (Å²) in [6.07, 6.45) is 1.47. The maximum atomic E-state index is 13.3. The lowest BCUT2D eigenvalue weighted by molar-refractivity contribution is -0.150. The Morgan fingerprint density at radius 3 is 2.26 bits per heavy atom. The van der Waals surface area contributed by atoms with Gasteiger partial charge in [0, 0.05) is 24.9 Å². The summed E-state index contributed by atoms with van der Waals surface area (Å²) in [5.41, 5.74) is 4.55. The van der Waals surface area contributed by atoms with Crippen LogP contribution in [0.25, 0.3) is 11.1 Å². The summed E-state index contributed by atoms with van der Waals surface area (Å²) in [5, 5.41) is 22.3. The average Bonchev–Trinajstić information content (AvgIpc) is 3.41. The number of carboxylic acids is 1. The number of amides is 2. The zero-order valence-electron chi connectivity index (χ0n) is 19.4. The number of carbonyl (C=O) groups excluding carboxylic acids is 2. The Bertz CT molecular complexity index is 1090. The summed E-state index contributed by atoms with van der Waals surface area (Å²) >= 11 is 0. The highest BCUT2D eigenvalue weighted by Crippen LogP contribution is 2.44. The summed E-state index contributed by atoms with van der Waals surface area (Å²) in [5.74, 6) is -2.03. The average molecular weight is 479 g/mol. The number of alkyl carbamates (subject to hydrolysis) is 1. The SMILES string of the molecule is O=C(N[C@@H]1CCCC[C@@H]1C(=O)N1C[C@@H](O)C[C@H]1C(=O)O)OCC1c2ccccc2-c2ccccc21. The molecular formula is C27H30N2O6. The molecule has 4 atom stereocenters. The number of nitrogens with one attached hydrogen (secondary N) is 1. The number of hydrogen-bond acceptors (Lipinski definition) is 5. The molecule has 184 valence electrons. The molecule has 2 aromatic carbocycles. The molecular weight excluding hydrogens is 448 g/mol. The Morgan fingerprint density at radius 1 is 0.971 bits per heavy atom. The monoisotopic (exact) mass is 478 g/mol. The first-order chi connectivity index (χ1) is 16.9. The Morgan fingerprint density at radius 2 is 1.60 bits per heavy atom. The molecule has 3 N–H and O–H groups in total. The third-order valence-electron chi connectivity index (χ3n) is 7.58. The van der Waals surface area contributed by atoms with E-state index in [1.54, 1.807) is 0 Å². The normalized spacial score (nSPS) is 25.6. The van der Waals surface area contributed by atoms with Crippen molar-refractivity contribution in [1.29, 1.82) is 0 Å². The van der Waals surface area contributed by atoms with Gasteiger partial charge in [-0.2, -0.15) is 0 Å². The maximum Gasteiger partial charge on any atom is 0.407 e. The lowest BCUT2D eigenvalue weighted by Gasteiger charge is -2.34. The number of β-amino-alcohol motifs (C(OH)–C–C–N with tert-alkyl or cyclic N) is 1. The fourth-order valence-corrected chi connectivity index (χ4v) is 5.90. The number of carboxylic acid groups (broad SMARTS) is 1. The van der Waals surface area contributed by atoms with Gasteiger partial charge in [-0.25, -0.2) is 9.59 Å². The van der Waals surface area contributed by atoms with Crippen LogP contribution in [-0.2, 0) is 14.3 Å². The second kappa shape index (κ2) is 9.70. The number of nitrogens with zero attached hydrogens (tertiary/aromatic N) is 1. The zero-order valence-corrected chi connectivity index (χ0v) is 19.4. The Labute approximate surface area is 203 Å². The van der Waals surface area contributed by atoms with Crippen LogP contribution in [0.4, 0.5) is 4.79 Å². The van der Waals surface area contributed by atoms with E-state index in [2.05, 4.69) is 29.6 Å². The van der Waals surface area contributed by atoms with Crippen molar-refractivity contribution in [3.8, 4) is 11.1 Å². The predicted octanol–water partition coefficient (Wildman–Crippen LogP) is 3.13. The van der Waals surface area contributed by atoms with Crippen molar-refractivity contribution in [2.45, 2.75) is 56.2 Å². The van der Waals surface area contributed by atoms with E-state index in [1.165, 1.54) is 4.90 Å². The molecule has 8 heteroatoms.